The van der Waals surface area contributed by atoms with Crippen molar-refractivity contribution in [1.29, 1.82) is 0 Å². The van der Waals surface area contributed by atoms with E-state index in [1.165, 1.54) is 12.8 Å². The summed E-state index contributed by atoms with van der Waals surface area (Å²) in [5.74, 6) is 0.969. The van der Waals surface area contributed by atoms with Gasteiger partial charge in [-0.15, -0.1) is 0 Å². The molecule has 1 aromatic rings. The minimum Gasteiger partial charge on any atom is -0.383 e. The topological polar surface area (TPSA) is 39.1 Å². The molecule has 4 heteroatoms. The highest BCUT2D eigenvalue weighted by molar-refractivity contribution is 5.33. The van der Waals surface area contributed by atoms with Crippen molar-refractivity contribution in [2.45, 2.75) is 45.7 Å². The maximum atomic E-state index is 5.01. The Morgan fingerprint density at radius 2 is 2.31 bits per heavy atom. The lowest BCUT2D eigenvalue weighted by molar-refractivity contribution is 0.183. The molecule has 1 aromatic heterocycles. The molecule has 1 unspecified atom stereocenters. The predicted octanol–water partition coefficient (Wildman–Crippen LogP) is 2.52. The average molecular weight is 225 g/mol. The first kappa shape index (κ1) is 13.0. The summed E-state index contributed by atoms with van der Waals surface area (Å²) in [5.41, 5.74) is 0. The third kappa shape index (κ3) is 4.23. The van der Waals surface area contributed by atoms with Gasteiger partial charge in [-0.2, -0.15) is 5.10 Å². The molecule has 1 atom stereocenters. The molecule has 0 saturated carbocycles. The number of methoxy groups -OCH3 is 1. The molecule has 0 spiro atoms. The smallest absolute Gasteiger partial charge is 0.148 e. The van der Waals surface area contributed by atoms with Gasteiger partial charge >= 0.3 is 0 Å². The van der Waals surface area contributed by atoms with E-state index in [9.17, 15) is 0 Å². The van der Waals surface area contributed by atoms with Crippen LogP contribution in [0.4, 0.5) is 5.82 Å². The second-order valence-corrected chi connectivity index (χ2v) is 4.00. The predicted molar refractivity (Wildman–Crippen MR) is 66.7 cm³/mol. The molecular formula is C12H23N3O. The lowest BCUT2D eigenvalue weighted by Gasteiger charge is -2.15. The first-order valence-electron chi connectivity index (χ1n) is 6.09. The Morgan fingerprint density at radius 3 is 2.94 bits per heavy atom. The molecule has 0 fully saturated rings. The molecule has 0 saturated heterocycles. The van der Waals surface area contributed by atoms with Crippen LogP contribution >= 0.6 is 0 Å². The van der Waals surface area contributed by atoms with E-state index in [1.54, 1.807) is 7.11 Å². The number of rotatable bonds is 8. The van der Waals surface area contributed by atoms with Crippen LogP contribution in [0.5, 0.6) is 0 Å². The summed E-state index contributed by atoms with van der Waals surface area (Å²) in [7, 11) is 1.71. The van der Waals surface area contributed by atoms with E-state index in [1.807, 2.05) is 16.9 Å². The van der Waals surface area contributed by atoms with Crippen molar-refractivity contribution in [3.63, 3.8) is 0 Å². The largest absolute Gasteiger partial charge is 0.383 e. The molecule has 1 rings (SSSR count). The second kappa shape index (κ2) is 7.28. The first-order valence-corrected chi connectivity index (χ1v) is 6.09. The van der Waals surface area contributed by atoms with E-state index in [0.717, 1.165) is 18.8 Å². The first-order chi connectivity index (χ1) is 7.80. The molecule has 0 bridgehead atoms. The number of aromatic nitrogens is 2. The Labute approximate surface area is 98.0 Å². The molecular weight excluding hydrogens is 202 g/mol. The minimum atomic E-state index is 0.538. The molecule has 1 heterocycles. The van der Waals surface area contributed by atoms with Crippen molar-refractivity contribution in [3.8, 4) is 0 Å². The van der Waals surface area contributed by atoms with Crippen LogP contribution in [0.3, 0.4) is 0 Å². The van der Waals surface area contributed by atoms with E-state index in [4.69, 9.17) is 4.74 Å². The van der Waals surface area contributed by atoms with Gasteiger partial charge in [0.25, 0.3) is 0 Å². The van der Waals surface area contributed by atoms with Gasteiger partial charge in [0.05, 0.1) is 13.2 Å². The Balaban J connectivity index is 2.43. The summed E-state index contributed by atoms with van der Waals surface area (Å²) in [6, 6.07) is 2.56. The summed E-state index contributed by atoms with van der Waals surface area (Å²) < 4.78 is 6.92. The van der Waals surface area contributed by atoms with E-state index in [2.05, 4.69) is 24.3 Å². The molecule has 4 nitrogen and oxygen atoms in total. The summed E-state index contributed by atoms with van der Waals surface area (Å²) in [4.78, 5) is 0. The van der Waals surface area contributed by atoms with Crippen LogP contribution in [-0.2, 0) is 11.3 Å². The van der Waals surface area contributed by atoms with Gasteiger partial charge in [0.15, 0.2) is 0 Å². The normalized spacial score (nSPS) is 12.7. The highest BCUT2D eigenvalue weighted by Gasteiger charge is 2.06. The zero-order chi connectivity index (χ0) is 11.8. The second-order valence-electron chi connectivity index (χ2n) is 4.00. The van der Waals surface area contributed by atoms with Crippen LogP contribution in [0.25, 0.3) is 0 Å². The fourth-order valence-electron chi connectivity index (χ4n) is 1.68. The molecule has 0 aliphatic carbocycles. The van der Waals surface area contributed by atoms with Crippen molar-refractivity contribution in [1.82, 2.24) is 9.78 Å². The van der Waals surface area contributed by atoms with Gasteiger partial charge in [0.1, 0.15) is 5.82 Å². The SMILES string of the molecule is CCCC(CC)Nc1ccn(CCOC)n1. The molecule has 0 aliphatic heterocycles. The third-order valence-corrected chi connectivity index (χ3v) is 2.65. The average Bonchev–Trinajstić information content (AvgIpc) is 2.73. The molecule has 0 aliphatic rings. The van der Waals surface area contributed by atoms with Crippen LogP contribution in [-0.4, -0.2) is 29.5 Å². The molecule has 92 valence electrons. The van der Waals surface area contributed by atoms with Crippen LogP contribution < -0.4 is 5.32 Å². The van der Waals surface area contributed by atoms with E-state index in [0.29, 0.717) is 12.6 Å². The highest BCUT2D eigenvalue weighted by Crippen LogP contribution is 2.10. The van der Waals surface area contributed by atoms with Crippen molar-refractivity contribution in [2.75, 3.05) is 19.0 Å². The summed E-state index contributed by atoms with van der Waals surface area (Å²) in [6.45, 7) is 5.92. The van der Waals surface area contributed by atoms with Crippen LogP contribution in [0.2, 0.25) is 0 Å². The molecule has 0 radical (unpaired) electrons. The summed E-state index contributed by atoms with van der Waals surface area (Å²) >= 11 is 0. The molecule has 0 aromatic carbocycles. The number of hydrogen-bond acceptors (Lipinski definition) is 3. The number of nitrogens with one attached hydrogen (secondary N) is 1. The van der Waals surface area contributed by atoms with Gasteiger partial charge in [-0.25, -0.2) is 0 Å². The lowest BCUT2D eigenvalue weighted by atomic mass is 10.1. The Kier molecular flexibility index (Phi) is 5.93. The lowest BCUT2D eigenvalue weighted by Crippen LogP contribution is -2.18. The van der Waals surface area contributed by atoms with Crippen molar-refractivity contribution < 1.29 is 4.74 Å². The van der Waals surface area contributed by atoms with Gasteiger partial charge < -0.3 is 10.1 Å². The van der Waals surface area contributed by atoms with Gasteiger partial charge in [0.2, 0.25) is 0 Å². The molecule has 0 amide bonds. The van der Waals surface area contributed by atoms with Gasteiger partial charge in [-0.1, -0.05) is 20.3 Å². The van der Waals surface area contributed by atoms with Crippen LogP contribution in [0, 0.1) is 0 Å². The van der Waals surface area contributed by atoms with Crippen LogP contribution in [0.15, 0.2) is 12.3 Å². The molecule has 16 heavy (non-hydrogen) atoms. The minimum absolute atomic E-state index is 0.538. The van der Waals surface area contributed by atoms with Crippen LogP contribution in [0.1, 0.15) is 33.1 Å². The monoisotopic (exact) mass is 225 g/mol. The van der Waals surface area contributed by atoms with E-state index >= 15 is 0 Å². The highest BCUT2D eigenvalue weighted by atomic mass is 16.5. The maximum Gasteiger partial charge on any atom is 0.148 e. The maximum absolute atomic E-state index is 5.01. The Bertz CT molecular complexity index is 286. The fraction of sp³-hybridized carbons (Fsp3) is 0.750. The van der Waals surface area contributed by atoms with Crippen molar-refractivity contribution in [2.24, 2.45) is 0 Å². The Hall–Kier alpha value is -1.03. The zero-order valence-electron chi connectivity index (χ0n) is 10.6. The standard InChI is InChI=1S/C12H23N3O/c1-4-6-11(5-2)13-12-7-8-15(14-12)9-10-16-3/h7-8,11H,4-6,9-10H2,1-3H3,(H,13,14). The number of anilines is 1. The third-order valence-electron chi connectivity index (χ3n) is 2.65. The van der Waals surface area contributed by atoms with E-state index < -0.39 is 0 Å². The zero-order valence-corrected chi connectivity index (χ0v) is 10.6. The van der Waals surface area contributed by atoms with Gasteiger partial charge in [-0.05, 0) is 12.8 Å². The van der Waals surface area contributed by atoms with Gasteiger partial charge in [0, 0.05) is 25.4 Å². The van der Waals surface area contributed by atoms with Crippen molar-refractivity contribution in [3.05, 3.63) is 12.3 Å². The number of ether oxygens (including phenoxy) is 1. The fourth-order valence-corrected chi connectivity index (χ4v) is 1.68. The number of nitrogens with zero attached hydrogens (tertiary/aromatic N) is 2. The van der Waals surface area contributed by atoms with Crippen molar-refractivity contribution >= 4 is 5.82 Å². The quantitative estimate of drug-likeness (QED) is 0.739. The number of hydrogen-bond donors (Lipinski definition) is 1. The van der Waals surface area contributed by atoms with E-state index in [-0.39, 0.29) is 0 Å². The Morgan fingerprint density at radius 1 is 1.50 bits per heavy atom. The summed E-state index contributed by atoms with van der Waals surface area (Å²) in [6.07, 6.45) is 5.52. The van der Waals surface area contributed by atoms with Gasteiger partial charge in [-0.3, -0.25) is 4.68 Å². The molecule has 1 N–H and O–H groups in total. The summed E-state index contributed by atoms with van der Waals surface area (Å²) in [5, 5.41) is 7.90.